The minimum Gasteiger partial charge on any atom is -0.478 e. The summed E-state index contributed by atoms with van der Waals surface area (Å²) in [5, 5.41) is 0. The Kier molecular flexibility index (Phi) is 7.45. The first kappa shape index (κ1) is 17.5. The minimum atomic E-state index is -0.468. The van der Waals surface area contributed by atoms with Crippen LogP contribution in [-0.4, -0.2) is 36.8 Å². The molecule has 0 saturated heterocycles. The molecule has 1 aliphatic rings. The molecule has 1 heterocycles. The van der Waals surface area contributed by atoms with Gasteiger partial charge in [0, 0.05) is 17.6 Å². The average Bonchev–Trinajstić information content (AvgIpc) is 2.56. The third-order valence-electron chi connectivity index (χ3n) is 3.72. The SMILES string of the molecule is COC(=O)C1CCc2ccc(CCCOCCCI)cc2O1. The number of hydrogen-bond acceptors (Lipinski definition) is 4. The van der Waals surface area contributed by atoms with Gasteiger partial charge in [0.05, 0.1) is 7.11 Å². The summed E-state index contributed by atoms with van der Waals surface area (Å²) in [6.45, 7) is 1.64. The van der Waals surface area contributed by atoms with Crippen molar-refractivity contribution in [3.63, 3.8) is 0 Å². The molecule has 0 radical (unpaired) electrons. The van der Waals surface area contributed by atoms with Gasteiger partial charge in [-0.2, -0.15) is 0 Å². The van der Waals surface area contributed by atoms with Gasteiger partial charge in [-0.25, -0.2) is 4.79 Å². The van der Waals surface area contributed by atoms with Crippen LogP contribution in [0.15, 0.2) is 18.2 Å². The molecule has 5 heteroatoms. The van der Waals surface area contributed by atoms with Gasteiger partial charge in [-0.15, -0.1) is 0 Å². The molecule has 22 heavy (non-hydrogen) atoms. The maximum Gasteiger partial charge on any atom is 0.347 e. The maximum atomic E-state index is 11.6. The van der Waals surface area contributed by atoms with E-state index in [4.69, 9.17) is 14.2 Å². The summed E-state index contributed by atoms with van der Waals surface area (Å²) in [6, 6.07) is 6.30. The van der Waals surface area contributed by atoms with E-state index >= 15 is 0 Å². The monoisotopic (exact) mass is 418 g/mol. The van der Waals surface area contributed by atoms with Crippen LogP contribution in [0.1, 0.15) is 30.4 Å². The fourth-order valence-corrected chi connectivity index (χ4v) is 2.82. The summed E-state index contributed by atoms with van der Waals surface area (Å²) in [5.74, 6) is 0.532. The molecule has 0 aliphatic carbocycles. The Hall–Kier alpha value is -0.820. The molecule has 1 unspecified atom stereocenters. The van der Waals surface area contributed by atoms with E-state index in [1.54, 1.807) is 0 Å². The Morgan fingerprint density at radius 1 is 1.36 bits per heavy atom. The van der Waals surface area contributed by atoms with E-state index in [1.165, 1.54) is 18.2 Å². The van der Waals surface area contributed by atoms with Gasteiger partial charge in [0.25, 0.3) is 0 Å². The summed E-state index contributed by atoms with van der Waals surface area (Å²) in [7, 11) is 1.40. The van der Waals surface area contributed by atoms with Crippen LogP contribution in [-0.2, 0) is 27.1 Å². The van der Waals surface area contributed by atoms with Crippen molar-refractivity contribution in [1.29, 1.82) is 0 Å². The lowest BCUT2D eigenvalue weighted by molar-refractivity contribution is -0.149. The Morgan fingerprint density at radius 2 is 2.18 bits per heavy atom. The van der Waals surface area contributed by atoms with Crippen molar-refractivity contribution in [2.45, 2.75) is 38.2 Å². The third-order valence-corrected chi connectivity index (χ3v) is 4.48. The fourth-order valence-electron chi connectivity index (χ4n) is 2.50. The topological polar surface area (TPSA) is 44.8 Å². The van der Waals surface area contributed by atoms with Gasteiger partial charge in [0.1, 0.15) is 5.75 Å². The lowest BCUT2D eigenvalue weighted by Gasteiger charge is -2.24. The van der Waals surface area contributed by atoms with Gasteiger partial charge < -0.3 is 14.2 Å². The smallest absolute Gasteiger partial charge is 0.347 e. The number of carbonyl (C=O) groups is 1. The predicted molar refractivity (Wildman–Crippen MR) is 93.8 cm³/mol. The van der Waals surface area contributed by atoms with E-state index in [0.717, 1.165) is 49.1 Å². The Morgan fingerprint density at radius 3 is 2.95 bits per heavy atom. The van der Waals surface area contributed by atoms with E-state index in [1.807, 2.05) is 0 Å². The van der Waals surface area contributed by atoms with Crippen LogP contribution in [0.5, 0.6) is 5.75 Å². The zero-order chi connectivity index (χ0) is 15.8. The van der Waals surface area contributed by atoms with Crippen molar-refractivity contribution in [2.24, 2.45) is 0 Å². The van der Waals surface area contributed by atoms with Crippen LogP contribution in [0.2, 0.25) is 0 Å². The molecular weight excluding hydrogens is 395 g/mol. The highest BCUT2D eigenvalue weighted by Crippen LogP contribution is 2.29. The van der Waals surface area contributed by atoms with Gasteiger partial charge >= 0.3 is 5.97 Å². The van der Waals surface area contributed by atoms with E-state index in [2.05, 4.69) is 40.8 Å². The second kappa shape index (κ2) is 9.35. The number of hydrogen-bond donors (Lipinski definition) is 0. The average molecular weight is 418 g/mol. The maximum absolute atomic E-state index is 11.6. The molecule has 1 aromatic rings. The van der Waals surface area contributed by atoms with Gasteiger partial charge in [0.15, 0.2) is 6.10 Å². The Labute approximate surface area is 145 Å². The summed E-state index contributed by atoms with van der Waals surface area (Å²) in [5.41, 5.74) is 2.39. The second-order valence-electron chi connectivity index (χ2n) is 5.37. The number of methoxy groups -OCH3 is 1. The molecule has 0 N–H and O–H groups in total. The van der Waals surface area contributed by atoms with E-state index in [9.17, 15) is 4.79 Å². The first-order chi connectivity index (χ1) is 10.7. The van der Waals surface area contributed by atoms with E-state index in [0.29, 0.717) is 6.42 Å². The van der Waals surface area contributed by atoms with Crippen molar-refractivity contribution in [2.75, 3.05) is 24.8 Å². The highest BCUT2D eigenvalue weighted by Gasteiger charge is 2.26. The fraction of sp³-hybridized carbons (Fsp3) is 0.588. The standard InChI is InChI=1S/C17H23IO4/c1-20-17(19)15-8-7-14-6-5-13(12-16(14)22-15)4-2-10-21-11-3-9-18/h5-6,12,15H,2-4,7-11H2,1H3. The summed E-state index contributed by atoms with van der Waals surface area (Å²) >= 11 is 2.36. The van der Waals surface area contributed by atoms with Crippen LogP contribution < -0.4 is 4.74 Å². The zero-order valence-corrected chi connectivity index (χ0v) is 15.1. The van der Waals surface area contributed by atoms with E-state index in [-0.39, 0.29) is 5.97 Å². The summed E-state index contributed by atoms with van der Waals surface area (Å²) in [4.78, 5) is 11.6. The van der Waals surface area contributed by atoms with Gasteiger partial charge in [0.2, 0.25) is 0 Å². The normalized spacial score (nSPS) is 16.7. The number of alkyl halides is 1. The van der Waals surface area contributed by atoms with Gasteiger partial charge in [-0.3, -0.25) is 0 Å². The third kappa shape index (κ3) is 5.12. The van der Waals surface area contributed by atoms with Crippen molar-refractivity contribution >= 4 is 28.6 Å². The molecule has 1 aromatic carbocycles. The molecular formula is C17H23IO4. The molecule has 4 nitrogen and oxygen atoms in total. The van der Waals surface area contributed by atoms with E-state index < -0.39 is 6.10 Å². The number of ether oxygens (including phenoxy) is 3. The highest BCUT2D eigenvalue weighted by atomic mass is 127. The first-order valence-electron chi connectivity index (χ1n) is 7.74. The molecule has 122 valence electrons. The number of aryl methyl sites for hydroxylation is 2. The molecule has 0 bridgehead atoms. The Bertz CT molecular complexity index is 490. The first-order valence-corrected chi connectivity index (χ1v) is 9.27. The lowest BCUT2D eigenvalue weighted by Crippen LogP contribution is -2.32. The predicted octanol–water partition coefficient (Wildman–Crippen LogP) is 3.33. The highest BCUT2D eigenvalue weighted by molar-refractivity contribution is 14.1. The molecule has 0 saturated carbocycles. The van der Waals surface area contributed by atoms with Crippen molar-refractivity contribution in [3.05, 3.63) is 29.3 Å². The molecule has 0 fully saturated rings. The van der Waals surface area contributed by atoms with Crippen LogP contribution >= 0.6 is 22.6 Å². The number of rotatable bonds is 8. The number of carbonyl (C=O) groups excluding carboxylic acids is 1. The second-order valence-corrected chi connectivity index (χ2v) is 6.45. The number of esters is 1. The lowest BCUT2D eigenvalue weighted by atomic mass is 9.99. The number of halogens is 1. The number of benzene rings is 1. The van der Waals surface area contributed by atoms with Gasteiger partial charge in [-0.05, 0) is 49.3 Å². The molecule has 2 rings (SSSR count). The van der Waals surface area contributed by atoms with Gasteiger partial charge in [-0.1, -0.05) is 34.7 Å². The van der Waals surface area contributed by atoms with Crippen LogP contribution in [0, 0.1) is 0 Å². The Balaban J connectivity index is 1.84. The molecule has 1 atom stereocenters. The van der Waals surface area contributed by atoms with Crippen molar-refractivity contribution in [1.82, 2.24) is 0 Å². The zero-order valence-electron chi connectivity index (χ0n) is 13.0. The molecule has 0 aromatic heterocycles. The van der Waals surface area contributed by atoms with Crippen LogP contribution in [0.3, 0.4) is 0 Å². The molecule has 0 amide bonds. The number of fused-ring (bicyclic) bond motifs is 1. The largest absolute Gasteiger partial charge is 0.478 e. The van der Waals surface area contributed by atoms with Crippen molar-refractivity contribution in [3.8, 4) is 5.75 Å². The summed E-state index contributed by atoms with van der Waals surface area (Å²) < 4.78 is 17.3. The van der Waals surface area contributed by atoms with Crippen LogP contribution in [0.25, 0.3) is 0 Å². The van der Waals surface area contributed by atoms with Crippen molar-refractivity contribution < 1.29 is 19.0 Å². The molecule has 1 aliphatic heterocycles. The quantitative estimate of drug-likeness (QED) is 0.281. The molecule has 0 spiro atoms. The summed E-state index contributed by atoms with van der Waals surface area (Å²) in [6.07, 6.45) is 4.15. The minimum absolute atomic E-state index is 0.292. The van der Waals surface area contributed by atoms with Crippen LogP contribution in [0.4, 0.5) is 0 Å².